The summed E-state index contributed by atoms with van der Waals surface area (Å²) in [4.78, 5) is 23.5. The maximum atomic E-state index is 12.6. The molecule has 0 fully saturated rings. The summed E-state index contributed by atoms with van der Waals surface area (Å²) in [6.45, 7) is 0. The van der Waals surface area contributed by atoms with E-state index < -0.39 is 5.97 Å². The Labute approximate surface area is 141 Å². The van der Waals surface area contributed by atoms with Crippen LogP contribution in [0.15, 0.2) is 75.9 Å². The summed E-state index contributed by atoms with van der Waals surface area (Å²) in [6, 6.07) is 18.1. The van der Waals surface area contributed by atoms with Crippen LogP contribution in [-0.4, -0.2) is 11.1 Å². The number of rotatable bonds is 3. The topological polar surface area (TPSA) is 76.7 Å². The Morgan fingerprint density at radius 3 is 2.28 bits per heavy atom. The number of ether oxygens (including phenoxy) is 1. The van der Waals surface area contributed by atoms with Crippen molar-refractivity contribution in [2.24, 2.45) is 0 Å². The fourth-order valence-electron chi connectivity index (χ4n) is 2.65. The van der Waals surface area contributed by atoms with Gasteiger partial charge in [0.25, 0.3) is 0 Å². The first kappa shape index (κ1) is 15.0. The molecule has 5 heteroatoms. The molecular weight excluding hydrogens is 320 g/mol. The first-order chi connectivity index (χ1) is 12.1. The lowest BCUT2D eigenvalue weighted by Gasteiger charge is -2.07. The zero-order chi connectivity index (χ0) is 17.4. The summed E-state index contributed by atoms with van der Waals surface area (Å²) in [5.74, 6) is -0.0468. The standard InChI is InChI=1S/C20H12O5/c21-19-15-3-1-2-4-17(15)25-18-10-9-14(11-16(18)19)24-13-7-5-12(6-8-13)20(22)23/h1-11H,(H,22,23). The fraction of sp³-hybridized carbons (Fsp3) is 0. The van der Waals surface area contributed by atoms with Crippen LogP contribution >= 0.6 is 0 Å². The molecule has 1 aromatic heterocycles. The van der Waals surface area contributed by atoms with E-state index in [4.69, 9.17) is 14.3 Å². The van der Waals surface area contributed by atoms with Gasteiger partial charge in [0.1, 0.15) is 22.7 Å². The number of hydrogen-bond acceptors (Lipinski definition) is 4. The molecule has 0 radical (unpaired) electrons. The van der Waals surface area contributed by atoms with Crippen LogP contribution < -0.4 is 10.2 Å². The van der Waals surface area contributed by atoms with Gasteiger partial charge in [-0.25, -0.2) is 4.79 Å². The van der Waals surface area contributed by atoms with Gasteiger partial charge in [-0.3, -0.25) is 4.79 Å². The van der Waals surface area contributed by atoms with Gasteiger partial charge >= 0.3 is 5.97 Å². The average molecular weight is 332 g/mol. The van der Waals surface area contributed by atoms with Crippen LogP contribution in [0.1, 0.15) is 10.4 Å². The van der Waals surface area contributed by atoms with E-state index in [1.54, 1.807) is 48.5 Å². The van der Waals surface area contributed by atoms with Gasteiger partial charge in [0.15, 0.2) is 0 Å². The number of carboxylic acids is 1. The molecule has 0 unspecified atom stereocenters. The first-order valence-corrected chi connectivity index (χ1v) is 7.59. The van der Waals surface area contributed by atoms with Crippen LogP contribution in [0.3, 0.4) is 0 Å². The number of hydrogen-bond donors (Lipinski definition) is 1. The van der Waals surface area contributed by atoms with Gasteiger partial charge in [-0.2, -0.15) is 0 Å². The molecular formula is C20H12O5. The number of carbonyl (C=O) groups is 1. The molecule has 1 heterocycles. The SMILES string of the molecule is O=C(O)c1ccc(Oc2ccc3oc4ccccc4c(=O)c3c2)cc1. The van der Waals surface area contributed by atoms with Gasteiger partial charge in [0.05, 0.1) is 16.3 Å². The highest BCUT2D eigenvalue weighted by atomic mass is 16.5. The van der Waals surface area contributed by atoms with E-state index in [1.165, 1.54) is 12.1 Å². The molecule has 0 spiro atoms. The van der Waals surface area contributed by atoms with E-state index in [0.717, 1.165) is 0 Å². The van der Waals surface area contributed by atoms with Crippen LogP contribution in [0.2, 0.25) is 0 Å². The molecule has 5 nitrogen and oxygen atoms in total. The zero-order valence-corrected chi connectivity index (χ0v) is 12.9. The highest BCUT2D eigenvalue weighted by Crippen LogP contribution is 2.26. The Balaban J connectivity index is 1.75. The normalized spacial score (nSPS) is 10.9. The van der Waals surface area contributed by atoms with E-state index in [0.29, 0.717) is 33.4 Å². The highest BCUT2D eigenvalue weighted by Gasteiger charge is 2.09. The zero-order valence-electron chi connectivity index (χ0n) is 12.9. The van der Waals surface area contributed by atoms with Gasteiger partial charge < -0.3 is 14.3 Å². The summed E-state index contributed by atoms with van der Waals surface area (Å²) >= 11 is 0. The second kappa shape index (κ2) is 5.79. The monoisotopic (exact) mass is 332 g/mol. The molecule has 122 valence electrons. The lowest BCUT2D eigenvalue weighted by atomic mass is 10.1. The van der Waals surface area contributed by atoms with E-state index in [1.807, 2.05) is 6.07 Å². The van der Waals surface area contributed by atoms with Crippen LogP contribution in [0.5, 0.6) is 11.5 Å². The Morgan fingerprint density at radius 2 is 1.52 bits per heavy atom. The lowest BCUT2D eigenvalue weighted by Crippen LogP contribution is -2.02. The second-order valence-corrected chi connectivity index (χ2v) is 5.52. The molecule has 1 N–H and O–H groups in total. The molecule has 0 aliphatic heterocycles. The van der Waals surface area contributed by atoms with Crippen LogP contribution in [-0.2, 0) is 0 Å². The predicted octanol–water partition coefficient (Wildman–Crippen LogP) is 4.44. The average Bonchev–Trinajstić information content (AvgIpc) is 2.63. The third kappa shape index (κ3) is 2.72. The molecule has 0 aliphatic rings. The van der Waals surface area contributed by atoms with Crippen molar-refractivity contribution in [1.82, 2.24) is 0 Å². The number of para-hydroxylation sites is 1. The van der Waals surface area contributed by atoms with Crippen molar-refractivity contribution in [3.63, 3.8) is 0 Å². The third-order valence-electron chi connectivity index (χ3n) is 3.88. The summed E-state index contributed by atoms with van der Waals surface area (Å²) in [7, 11) is 0. The van der Waals surface area contributed by atoms with Gasteiger partial charge in [-0.1, -0.05) is 12.1 Å². The maximum Gasteiger partial charge on any atom is 0.335 e. The molecule has 25 heavy (non-hydrogen) atoms. The van der Waals surface area contributed by atoms with Crippen molar-refractivity contribution < 1.29 is 19.1 Å². The Hall–Kier alpha value is -3.60. The fourth-order valence-corrected chi connectivity index (χ4v) is 2.65. The Morgan fingerprint density at radius 1 is 0.840 bits per heavy atom. The lowest BCUT2D eigenvalue weighted by molar-refractivity contribution is 0.0697. The van der Waals surface area contributed by atoms with Gasteiger partial charge in [0.2, 0.25) is 5.43 Å². The second-order valence-electron chi connectivity index (χ2n) is 5.52. The third-order valence-corrected chi connectivity index (χ3v) is 3.88. The van der Waals surface area contributed by atoms with E-state index in [-0.39, 0.29) is 11.0 Å². The molecule has 0 amide bonds. The first-order valence-electron chi connectivity index (χ1n) is 7.59. The van der Waals surface area contributed by atoms with Crippen molar-refractivity contribution in [3.8, 4) is 11.5 Å². The van der Waals surface area contributed by atoms with Crippen molar-refractivity contribution in [1.29, 1.82) is 0 Å². The molecule has 4 rings (SSSR count). The molecule has 0 bridgehead atoms. The minimum absolute atomic E-state index is 0.122. The molecule has 3 aromatic carbocycles. The Bertz CT molecular complexity index is 1160. The summed E-state index contributed by atoms with van der Waals surface area (Å²) in [6.07, 6.45) is 0. The maximum absolute atomic E-state index is 12.6. The number of aromatic carboxylic acids is 1. The number of carboxylic acid groups (broad SMARTS) is 1. The van der Waals surface area contributed by atoms with Crippen LogP contribution in [0.4, 0.5) is 0 Å². The Kier molecular flexibility index (Phi) is 3.47. The molecule has 4 aromatic rings. The van der Waals surface area contributed by atoms with Crippen molar-refractivity contribution >= 4 is 27.9 Å². The van der Waals surface area contributed by atoms with Crippen LogP contribution in [0.25, 0.3) is 21.9 Å². The van der Waals surface area contributed by atoms with Crippen LogP contribution in [0, 0.1) is 0 Å². The predicted molar refractivity (Wildman–Crippen MR) is 93.5 cm³/mol. The minimum atomic E-state index is -0.998. The molecule has 0 aliphatic carbocycles. The van der Waals surface area contributed by atoms with Crippen molar-refractivity contribution in [3.05, 3.63) is 82.5 Å². The summed E-state index contributed by atoms with van der Waals surface area (Å²) in [5.41, 5.74) is 1.08. The van der Waals surface area contributed by atoms with Crippen molar-refractivity contribution in [2.75, 3.05) is 0 Å². The molecule has 0 saturated heterocycles. The van der Waals surface area contributed by atoms with Gasteiger partial charge in [-0.05, 0) is 54.6 Å². The molecule has 0 saturated carbocycles. The van der Waals surface area contributed by atoms with Gasteiger partial charge in [-0.15, -0.1) is 0 Å². The smallest absolute Gasteiger partial charge is 0.335 e. The van der Waals surface area contributed by atoms with Gasteiger partial charge in [0, 0.05) is 0 Å². The van der Waals surface area contributed by atoms with E-state index >= 15 is 0 Å². The summed E-state index contributed by atoms with van der Waals surface area (Å²) < 4.78 is 11.5. The van der Waals surface area contributed by atoms with E-state index in [2.05, 4.69) is 0 Å². The summed E-state index contributed by atoms with van der Waals surface area (Å²) in [5, 5.41) is 9.86. The molecule has 0 atom stereocenters. The highest BCUT2D eigenvalue weighted by molar-refractivity contribution is 5.90. The minimum Gasteiger partial charge on any atom is -0.478 e. The van der Waals surface area contributed by atoms with Crippen molar-refractivity contribution in [2.45, 2.75) is 0 Å². The number of fused-ring (bicyclic) bond motifs is 2. The largest absolute Gasteiger partial charge is 0.478 e. The quantitative estimate of drug-likeness (QED) is 0.561. The number of benzene rings is 3. The van der Waals surface area contributed by atoms with E-state index in [9.17, 15) is 9.59 Å².